The highest BCUT2D eigenvalue weighted by Crippen LogP contribution is 2.44. The van der Waals surface area contributed by atoms with Crippen LogP contribution in [0, 0.1) is 12.8 Å². The standard InChI is InChI=1S/C18H26ClNO/c1-13-11-15(19)5-6-16(13)17(20)14-7-10-21-18(12-14)8-3-2-4-9-18/h5-6,11,14,17H,2-4,7-10,12,20H2,1H3. The molecule has 2 nitrogen and oxygen atoms in total. The van der Waals surface area contributed by atoms with E-state index in [-0.39, 0.29) is 11.6 Å². The van der Waals surface area contributed by atoms with Crippen molar-refractivity contribution in [2.24, 2.45) is 11.7 Å². The molecule has 21 heavy (non-hydrogen) atoms. The second kappa shape index (κ2) is 6.28. The fourth-order valence-corrected chi connectivity index (χ4v) is 4.41. The van der Waals surface area contributed by atoms with Crippen molar-refractivity contribution >= 4 is 11.6 Å². The Morgan fingerprint density at radius 2 is 2.05 bits per heavy atom. The van der Waals surface area contributed by atoms with Gasteiger partial charge in [0.15, 0.2) is 0 Å². The molecule has 0 radical (unpaired) electrons. The van der Waals surface area contributed by atoms with Gasteiger partial charge in [-0.2, -0.15) is 0 Å². The van der Waals surface area contributed by atoms with E-state index in [4.69, 9.17) is 22.1 Å². The molecule has 2 aliphatic rings. The zero-order valence-corrected chi connectivity index (χ0v) is 13.7. The molecule has 1 aromatic carbocycles. The average molecular weight is 308 g/mol. The molecule has 2 N–H and O–H groups in total. The third-order valence-electron chi connectivity index (χ3n) is 5.39. The van der Waals surface area contributed by atoms with E-state index >= 15 is 0 Å². The van der Waals surface area contributed by atoms with Gasteiger partial charge in [-0.05, 0) is 61.8 Å². The molecule has 0 aromatic heterocycles. The normalized spacial score (nSPS) is 26.7. The van der Waals surface area contributed by atoms with Gasteiger partial charge in [0.2, 0.25) is 0 Å². The molecule has 3 heteroatoms. The van der Waals surface area contributed by atoms with E-state index in [2.05, 4.69) is 13.0 Å². The van der Waals surface area contributed by atoms with Crippen LogP contribution in [0.25, 0.3) is 0 Å². The maximum atomic E-state index is 6.61. The Bertz CT molecular complexity index is 490. The van der Waals surface area contributed by atoms with Crippen LogP contribution in [0.1, 0.15) is 62.1 Å². The molecule has 3 rings (SSSR count). The Labute approximate surface area is 133 Å². The first-order valence-corrected chi connectivity index (χ1v) is 8.63. The highest BCUT2D eigenvalue weighted by Gasteiger charge is 2.40. The van der Waals surface area contributed by atoms with E-state index in [9.17, 15) is 0 Å². The molecule has 1 aromatic rings. The van der Waals surface area contributed by atoms with E-state index < -0.39 is 0 Å². The first-order valence-electron chi connectivity index (χ1n) is 8.25. The SMILES string of the molecule is Cc1cc(Cl)ccc1C(N)C1CCOC2(CCCCC2)C1. The predicted octanol–water partition coefficient (Wildman–Crippen LogP) is 4.78. The van der Waals surface area contributed by atoms with Crippen molar-refractivity contribution in [3.63, 3.8) is 0 Å². The van der Waals surface area contributed by atoms with Gasteiger partial charge >= 0.3 is 0 Å². The van der Waals surface area contributed by atoms with Crippen LogP contribution in [-0.2, 0) is 4.74 Å². The van der Waals surface area contributed by atoms with Crippen molar-refractivity contribution < 1.29 is 4.74 Å². The summed E-state index contributed by atoms with van der Waals surface area (Å²) in [6.07, 6.45) is 8.61. The van der Waals surface area contributed by atoms with Crippen molar-refractivity contribution in [2.45, 2.75) is 63.5 Å². The number of hydrogen-bond donors (Lipinski definition) is 1. The van der Waals surface area contributed by atoms with Gasteiger partial charge < -0.3 is 10.5 Å². The minimum Gasteiger partial charge on any atom is -0.375 e. The van der Waals surface area contributed by atoms with Crippen molar-refractivity contribution in [3.8, 4) is 0 Å². The summed E-state index contributed by atoms with van der Waals surface area (Å²) >= 11 is 6.06. The minimum atomic E-state index is 0.102. The largest absolute Gasteiger partial charge is 0.375 e. The number of aryl methyl sites for hydroxylation is 1. The fourth-order valence-electron chi connectivity index (χ4n) is 4.18. The predicted molar refractivity (Wildman–Crippen MR) is 87.6 cm³/mol. The smallest absolute Gasteiger partial charge is 0.0685 e. The molecule has 2 fully saturated rings. The Kier molecular flexibility index (Phi) is 4.58. The second-order valence-corrected chi connectivity index (χ2v) is 7.31. The number of ether oxygens (including phenoxy) is 1. The Morgan fingerprint density at radius 1 is 1.29 bits per heavy atom. The molecule has 2 unspecified atom stereocenters. The van der Waals surface area contributed by atoms with Gasteiger partial charge in [0.05, 0.1) is 5.60 Å². The first-order chi connectivity index (χ1) is 10.1. The molecule has 1 aliphatic heterocycles. The molecule has 2 atom stereocenters. The lowest BCUT2D eigenvalue weighted by atomic mass is 9.73. The monoisotopic (exact) mass is 307 g/mol. The van der Waals surface area contributed by atoms with E-state index in [1.165, 1.54) is 43.2 Å². The zero-order chi connectivity index (χ0) is 14.9. The van der Waals surface area contributed by atoms with Crippen molar-refractivity contribution in [1.82, 2.24) is 0 Å². The highest BCUT2D eigenvalue weighted by molar-refractivity contribution is 6.30. The van der Waals surface area contributed by atoms with Gasteiger partial charge in [-0.25, -0.2) is 0 Å². The molecular formula is C18H26ClNO. The summed E-state index contributed by atoms with van der Waals surface area (Å²) in [5.41, 5.74) is 9.19. The summed E-state index contributed by atoms with van der Waals surface area (Å²) in [6, 6.07) is 6.18. The number of benzene rings is 1. The van der Waals surface area contributed by atoms with Crippen LogP contribution in [0.5, 0.6) is 0 Å². The lowest BCUT2D eigenvalue weighted by molar-refractivity contribution is -0.120. The van der Waals surface area contributed by atoms with Crippen molar-refractivity contribution in [1.29, 1.82) is 0 Å². The Balaban J connectivity index is 1.76. The van der Waals surface area contributed by atoms with Crippen LogP contribution in [0.4, 0.5) is 0 Å². The first kappa shape index (κ1) is 15.3. The molecular weight excluding hydrogens is 282 g/mol. The summed E-state index contributed by atoms with van der Waals surface area (Å²) in [6.45, 7) is 2.97. The summed E-state index contributed by atoms with van der Waals surface area (Å²) < 4.78 is 6.20. The van der Waals surface area contributed by atoms with Crippen LogP contribution < -0.4 is 5.73 Å². The van der Waals surface area contributed by atoms with Crippen LogP contribution >= 0.6 is 11.6 Å². The van der Waals surface area contributed by atoms with E-state index in [0.29, 0.717) is 5.92 Å². The van der Waals surface area contributed by atoms with Crippen LogP contribution in [0.2, 0.25) is 5.02 Å². The van der Waals surface area contributed by atoms with Crippen molar-refractivity contribution in [2.75, 3.05) is 6.61 Å². The van der Waals surface area contributed by atoms with E-state index in [0.717, 1.165) is 24.5 Å². The van der Waals surface area contributed by atoms with Gasteiger partial charge in [0, 0.05) is 17.7 Å². The lowest BCUT2D eigenvalue weighted by Crippen LogP contribution is -2.44. The molecule has 1 heterocycles. The molecule has 116 valence electrons. The maximum absolute atomic E-state index is 6.61. The number of hydrogen-bond acceptors (Lipinski definition) is 2. The molecule has 1 aliphatic carbocycles. The number of halogens is 1. The van der Waals surface area contributed by atoms with Gasteiger partial charge in [-0.3, -0.25) is 0 Å². The maximum Gasteiger partial charge on any atom is 0.0685 e. The molecule has 0 bridgehead atoms. The lowest BCUT2D eigenvalue weighted by Gasteiger charge is -2.45. The minimum absolute atomic E-state index is 0.102. The summed E-state index contributed by atoms with van der Waals surface area (Å²) in [5.74, 6) is 0.525. The summed E-state index contributed by atoms with van der Waals surface area (Å²) in [4.78, 5) is 0. The fraction of sp³-hybridized carbons (Fsp3) is 0.667. The van der Waals surface area contributed by atoms with E-state index in [1.54, 1.807) is 0 Å². The molecule has 1 saturated carbocycles. The van der Waals surface area contributed by atoms with Crippen LogP contribution in [0.15, 0.2) is 18.2 Å². The van der Waals surface area contributed by atoms with Gasteiger partial charge in [0.1, 0.15) is 0 Å². The third-order valence-corrected chi connectivity index (χ3v) is 5.63. The van der Waals surface area contributed by atoms with Gasteiger partial charge in [0.25, 0.3) is 0 Å². The topological polar surface area (TPSA) is 35.2 Å². The number of rotatable bonds is 2. The third kappa shape index (κ3) is 3.28. The molecule has 0 amide bonds. The van der Waals surface area contributed by atoms with Gasteiger partial charge in [-0.15, -0.1) is 0 Å². The zero-order valence-electron chi connectivity index (χ0n) is 12.9. The Hall–Kier alpha value is -0.570. The second-order valence-electron chi connectivity index (χ2n) is 6.87. The summed E-state index contributed by atoms with van der Waals surface area (Å²) in [5, 5.41) is 0.791. The quantitative estimate of drug-likeness (QED) is 0.853. The van der Waals surface area contributed by atoms with Crippen LogP contribution in [0.3, 0.4) is 0 Å². The van der Waals surface area contributed by atoms with Crippen molar-refractivity contribution in [3.05, 3.63) is 34.3 Å². The van der Waals surface area contributed by atoms with E-state index in [1.807, 2.05) is 12.1 Å². The van der Waals surface area contributed by atoms with Gasteiger partial charge in [-0.1, -0.05) is 36.9 Å². The molecule has 1 saturated heterocycles. The Morgan fingerprint density at radius 3 is 2.76 bits per heavy atom. The van der Waals surface area contributed by atoms with Crippen LogP contribution in [-0.4, -0.2) is 12.2 Å². The highest BCUT2D eigenvalue weighted by atomic mass is 35.5. The molecule has 1 spiro atoms. The average Bonchev–Trinajstić information content (AvgIpc) is 2.47. The number of nitrogens with two attached hydrogens (primary N) is 1. The summed E-state index contributed by atoms with van der Waals surface area (Å²) in [7, 11) is 0.